The van der Waals surface area contributed by atoms with E-state index in [1.54, 1.807) is 12.1 Å². The molecule has 1 aromatic heterocycles. The van der Waals surface area contributed by atoms with Gasteiger partial charge in [0, 0.05) is 6.07 Å². The van der Waals surface area contributed by atoms with E-state index in [1.165, 1.54) is 12.8 Å². The molecule has 0 atom stereocenters. The molecule has 0 saturated heterocycles. The number of hydrogen-bond donors (Lipinski definition) is 1. The van der Waals surface area contributed by atoms with Crippen LogP contribution >= 0.6 is 0 Å². The Morgan fingerprint density at radius 1 is 1.29 bits per heavy atom. The fourth-order valence-electron chi connectivity index (χ4n) is 1.67. The van der Waals surface area contributed by atoms with Gasteiger partial charge in [-0.05, 0) is 31.7 Å². The van der Waals surface area contributed by atoms with E-state index in [-0.39, 0.29) is 6.61 Å². The van der Waals surface area contributed by atoms with Crippen molar-refractivity contribution < 1.29 is 9.84 Å². The zero-order valence-corrected chi connectivity index (χ0v) is 8.02. The molecule has 1 heterocycles. The summed E-state index contributed by atoms with van der Waals surface area (Å²) in [6.07, 6.45) is 5.02. The van der Waals surface area contributed by atoms with Crippen LogP contribution < -0.4 is 4.74 Å². The number of ether oxygens (including phenoxy) is 1. The quantitative estimate of drug-likeness (QED) is 0.787. The zero-order chi connectivity index (χ0) is 9.80. The topological polar surface area (TPSA) is 55.2 Å². The predicted octanol–water partition coefficient (Wildman–Crippen LogP) is 1.29. The molecular formula is C10H14N2O2. The van der Waals surface area contributed by atoms with Crippen LogP contribution in [0.3, 0.4) is 0 Å². The molecule has 0 spiro atoms. The minimum atomic E-state index is -0.0727. The number of nitrogens with zero attached hydrogens (tertiary/aromatic N) is 2. The molecule has 0 amide bonds. The molecule has 1 aromatic rings. The van der Waals surface area contributed by atoms with Crippen molar-refractivity contribution in [3.8, 4) is 5.88 Å². The summed E-state index contributed by atoms with van der Waals surface area (Å²) in [5, 5.41) is 16.5. The summed E-state index contributed by atoms with van der Waals surface area (Å²) in [5.74, 6) is 0.564. The molecule has 0 aliphatic heterocycles. The number of hydrogen-bond acceptors (Lipinski definition) is 4. The molecule has 14 heavy (non-hydrogen) atoms. The number of aliphatic hydroxyl groups is 1. The average Bonchev–Trinajstić information content (AvgIpc) is 2.72. The van der Waals surface area contributed by atoms with Crippen molar-refractivity contribution in [2.45, 2.75) is 38.4 Å². The summed E-state index contributed by atoms with van der Waals surface area (Å²) >= 11 is 0. The van der Waals surface area contributed by atoms with E-state index in [9.17, 15) is 0 Å². The largest absolute Gasteiger partial charge is 0.473 e. The van der Waals surface area contributed by atoms with Crippen LogP contribution in [0.15, 0.2) is 12.1 Å². The first-order chi connectivity index (χ1) is 6.88. The monoisotopic (exact) mass is 194 g/mol. The summed E-state index contributed by atoms with van der Waals surface area (Å²) in [6, 6.07) is 3.49. The molecular weight excluding hydrogens is 180 g/mol. The van der Waals surface area contributed by atoms with Crippen LogP contribution in [-0.4, -0.2) is 21.4 Å². The molecule has 1 N–H and O–H groups in total. The van der Waals surface area contributed by atoms with Crippen molar-refractivity contribution in [3.05, 3.63) is 17.8 Å². The van der Waals surface area contributed by atoms with Crippen LogP contribution in [0.5, 0.6) is 5.88 Å². The van der Waals surface area contributed by atoms with Gasteiger partial charge in [0.1, 0.15) is 6.10 Å². The van der Waals surface area contributed by atoms with Gasteiger partial charge in [-0.1, -0.05) is 0 Å². The minimum Gasteiger partial charge on any atom is -0.473 e. The molecule has 1 fully saturated rings. The second-order valence-electron chi connectivity index (χ2n) is 3.55. The molecule has 1 aliphatic carbocycles. The molecule has 0 bridgehead atoms. The first-order valence-electron chi connectivity index (χ1n) is 4.98. The molecule has 1 saturated carbocycles. The summed E-state index contributed by atoms with van der Waals surface area (Å²) in [7, 11) is 0. The molecule has 0 aromatic carbocycles. The molecule has 4 heteroatoms. The van der Waals surface area contributed by atoms with E-state index in [1.807, 2.05) is 0 Å². The lowest BCUT2D eigenvalue weighted by atomic mass is 10.3. The number of aromatic nitrogens is 2. The number of aliphatic hydroxyl groups excluding tert-OH is 1. The van der Waals surface area contributed by atoms with Gasteiger partial charge in [-0.3, -0.25) is 0 Å². The van der Waals surface area contributed by atoms with Crippen molar-refractivity contribution in [1.29, 1.82) is 0 Å². The van der Waals surface area contributed by atoms with Gasteiger partial charge < -0.3 is 9.84 Å². The van der Waals surface area contributed by atoms with E-state index < -0.39 is 0 Å². The Kier molecular flexibility index (Phi) is 2.93. The van der Waals surface area contributed by atoms with Crippen LogP contribution in [0.2, 0.25) is 0 Å². The van der Waals surface area contributed by atoms with Crippen LogP contribution in [0.25, 0.3) is 0 Å². The highest BCUT2D eigenvalue weighted by Crippen LogP contribution is 2.22. The maximum atomic E-state index is 8.77. The standard InChI is InChI=1S/C10H14N2O2/c13-7-8-5-6-10(12-11-8)14-9-3-1-2-4-9/h5-6,9,13H,1-4,7H2. The van der Waals surface area contributed by atoms with E-state index in [0.717, 1.165) is 12.8 Å². The van der Waals surface area contributed by atoms with Crippen molar-refractivity contribution >= 4 is 0 Å². The Morgan fingerprint density at radius 3 is 2.64 bits per heavy atom. The zero-order valence-electron chi connectivity index (χ0n) is 8.02. The molecule has 0 radical (unpaired) electrons. The highest BCUT2D eigenvalue weighted by atomic mass is 16.5. The van der Waals surface area contributed by atoms with Crippen LogP contribution in [0.4, 0.5) is 0 Å². The fraction of sp³-hybridized carbons (Fsp3) is 0.600. The maximum absolute atomic E-state index is 8.77. The third-order valence-corrected chi connectivity index (χ3v) is 2.45. The van der Waals surface area contributed by atoms with Crippen molar-refractivity contribution in [3.63, 3.8) is 0 Å². The van der Waals surface area contributed by atoms with Crippen molar-refractivity contribution in [1.82, 2.24) is 10.2 Å². The van der Waals surface area contributed by atoms with Crippen molar-refractivity contribution in [2.24, 2.45) is 0 Å². The lowest BCUT2D eigenvalue weighted by Crippen LogP contribution is -2.12. The molecule has 4 nitrogen and oxygen atoms in total. The summed E-state index contributed by atoms with van der Waals surface area (Å²) in [4.78, 5) is 0. The minimum absolute atomic E-state index is 0.0727. The second-order valence-corrected chi connectivity index (χ2v) is 3.55. The van der Waals surface area contributed by atoms with E-state index in [2.05, 4.69) is 10.2 Å². The van der Waals surface area contributed by atoms with Crippen LogP contribution in [0.1, 0.15) is 31.4 Å². The fourth-order valence-corrected chi connectivity index (χ4v) is 1.67. The van der Waals surface area contributed by atoms with Gasteiger partial charge in [0.15, 0.2) is 0 Å². The Labute approximate surface area is 82.9 Å². The Morgan fingerprint density at radius 2 is 2.07 bits per heavy atom. The van der Waals surface area contributed by atoms with E-state index >= 15 is 0 Å². The third-order valence-electron chi connectivity index (χ3n) is 2.45. The SMILES string of the molecule is OCc1ccc(OC2CCCC2)nn1. The number of rotatable bonds is 3. The summed E-state index contributed by atoms with van der Waals surface area (Å²) in [5.41, 5.74) is 0.573. The smallest absolute Gasteiger partial charge is 0.233 e. The van der Waals surface area contributed by atoms with Gasteiger partial charge in [-0.15, -0.1) is 10.2 Å². The highest BCUT2D eigenvalue weighted by Gasteiger charge is 2.16. The lowest BCUT2D eigenvalue weighted by Gasteiger charge is -2.10. The molecule has 76 valence electrons. The van der Waals surface area contributed by atoms with Gasteiger partial charge in [-0.2, -0.15) is 0 Å². The molecule has 2 rings (SSSR count). The first kappa shape index (κ1) is 9.40. The van der Waals surface area contributed by atoms with E-state index in [4.69, 9.17) is 9.84 Å². The second kappa shape index (κ2) is 4.37. The average molecular weight is 194 g/mol. The van der Waals surface area contributed by atoms with Crippen LogP contribution in [-0.2, 0) is 6.61 Å². The van der Waals surface area contributed by atoms with Gasteiger partial charge in [0.25, 0.3) is 0 Å². The maximum Gasteiger partial charge on any atom is 0.233 e. The van der Waals surface area contributed by atoms with Crippen LogP contribution in [0, 0.1) is 0 Å². The molecule has 1 aliphatic rings. The lowest BCUT2D eigenvalue weighted by molar-refractivity contribution is 0.198. The first-order valence-corrected chi connectivity index (χ1v) is 4.98. The molecule has 0 unspecified atom stereocenters. The third kappa shape index (κ3) is 2.20. The van der Waals surface area contributed by atoms with Gasteiger partial charge in [0.2, 0.25) is 5.88 Å². The highest BCUT2D eigenvalue weighted by molar-refractivity contribution is 5.11. The van der Waals surface area contributed by atoms with E-state index in [0.29, 0.717) is 17.7 Å². The predicted molar refractivity (Wildman–Crippen MR) is 50.8 cm³/mol. The Hall–Kier alpha value is -1.16. The van der Waals surface area contributed by atoms with Crippen molar-refractivity contribution in [2.75, 3.05) is 0 Å². The van der Waals surface area contributed by atoms with Gasteiger partial charge >= 0.3 is 0 Å². The Balaban J connectivity index is 1.95. The normalized spacial score (nSPS) is 17.2. The summed E-state index contributed by atoms with van der Waals surface area (Å²) < 4.78 is 5.62. The van der Waals surface area contributed by atoms with Gasteiger partial charge in [-0.25, -0.2) is 0 Å². The summed E-state index contributed by atoms with van der Waals surface area (Å²) in [6.45, 7) is -0.0727. The Bertz CT molecular complexity index is 281. The van der Waals surface area contributed by atoms with Gasteiger partial charge in [0.05, 0.1) is 12.3 Å².